The summed E-state index contributed by atoms with van der Waals surface area (Å²) >= 11 is 0. The van der Waals surface area contributed by atoms with Crippen molar-refractivity contribution in [2.75, 3.05) is 5.32 Å². The largest absolute Gasteiger partial charge is 0.322 e. The number of aromatic nitrogens is 3. The van der Waals surface area contributed by atoms with Gasteiger partial charge in [-0.05, 0) is 12.1 Å². The standard InChI is InChI=1S/C14H10N4O2/c19-12-8-10(9-4-1-2-5-11(9)17-12)13(20)18-14-15-6-3-7-16-14/h1-8H,(H,17,19)(H,15,16,18,20). The minimum absolute atomic E-state index is 0.196. The molecule has 0 fully saturated rings. The highest BCUT2D eigenvalue weighted by molar-refractivity contribution is 6.11. The van der Waals surface area contributed by atoms with Crippen LogP contribution < -0.4 is 10.9 Å². The van der Waals surface area contributed by atoms with Crippen LogP contribution in [-0.4, -0.2) is 20.9 Å². The van der Waals surface area contributed by atoms with Crippen molar-refractivity contribution in [3.63, 3.8) is 0 Å². The number of fused-ring (bicyclic) bond motifs is 1. The van der Waals surface area contributed by atoms with Crippen LogP contribution >= 0.6 is 0 Å². The van der Waals surface area contributed by atoms with E-state index in [1.54, 1.807) is 30.3 Å². The summed E-state index contributed by atoms with van der Waals surface area (Å²) in [7, 11) is 0. The molecule has 3 aromatic rings. The molecule has 1 aromatic carbocycles. The molecular formula is C14H10N4O2. The first-order valence-corrected chi connectivity index (χ1v) is 5.94. The fourth-order valence-corrected chi connectivity index (χ4v) is 1.93. The molecule has 2 aromatic heterocycles. The highest BCUT2D eigenvalue weighted by atomic mass is 16.2. The van der Waals surface area contributed by atoms with Crippen molar-refractivity contribution < 1.29 is 4.79 Å². The van der Waals surface area contributed by atoms with Crippen molar-refractivity contribution in [2.24, 2.45) is 0 Å². The molecule has 0 aliphatic rings. The van der Waals surface area contributed by atoms with Crippen LogP contribution in [0.4, 0.5) is 5.95 Å². The first-order valence-electron chi connectivity index (χ1n) is 5.94. The lowest BCUT2D eigenvalue weighted by molar-refractivity contribution is 0.102. The van der Waals surface area contributed by atoms with E-state index in [-0.39, 0.29) is 17.1 Å². The minimum Gasteiger partial charge on any atom is -0.322 e. The van der Waals surface area contributed by atoms with Gasteiger partial charge in [-0.2, -0.15) is 0 Å². The number of H-pyrrole nitrogens is 1. The van der Waals surface area contributed by atoms with Gasteiger partial charge in [-0.15, -0.1) is 0 Å². The van der Waals surface area contributed by atoms with Crippen LogP contribution in [0.3, 0.4) is 0 Å². The number of anilines is 1. The summed E-state index contributed by atoms with van der Waals surface area (Å²) in [5.74, 6) is -0.222. The van der Waals surface area contributed by atoms with E-state index in [1.165, 1.54) is 18.5 Å². The Balaban J connectivity index is 2.05. The fraction of sp³-hybridized carbons (Fsp3) is 0. The maximum atomic E-state index is 12.2. The van der Waals surface area contributed by atoms with Gasteiger partial charge in [0.05, 0.1) is 5.56 Å². The lowest BCUT2D eigenvalue weighted by Gasteiger charge is -2.06. The molecule has 0 atom stereocenters. The number of hydrogen-bond acceptors (Lipinski definition) is 4. The molecule has 3 rings (SSSR count). The van der Waals surface area contributed by atoms with E-state index in [9.17, 15) is 9.59 Å². The zero-order chi connectivity index (χ0) is 13.9. The van der Waals surface area contributed by atoms with Crippen LogP contribution in [0.25, 0.3) is 10.9 Å². The summed E-state index contributed by atoms with van der Waals surface area (Å²) in [5.41, 5.74) is 0.568. The lowest BCUT2D eigenvalue weighted by atomic mass is 10.1. The second-order valence-electron chi connectivity index (χ2n) is 4.12. The summed E-state index contributed by atoms with van der Waals surface area (Å²) in [5, 5.41) is 3.23. The summed E-state index contributed by atoms with van der Waals surface area (Å²) in [6.07, 6.45) is 3.05. The van der Waals surface area contributed by atoms with E-state index < -0.39 is 5.91 Å². The number of rotatable bonds is 2. The number of para-hydroxylation sites is 1. The zero-order valence-electron chi connectivity index (χ0n) is 10.3. The third-order valence-electron chi connectivity index (χ3n) is 2.79. The summed E-state index contributed by atoms with van der Waals surface area (Å²) < 4.78 is 0. The first kappa shape index (κ1) is 12.0. The van der Waals surface area contributed by atoms with Crippen molar-refractivity contribution in [3.8, 4) is 0 Å². The summed E-state index contributed by atoms with van der Waals surface area (Å²) in [4.78, 5) is 34.3. The van der Waals surface area contributed by atoms with E-state index >= 15 is 0 Å². The molecule has 0 aliphatic heterocycles. The number of hydrogen-bond donors (Lipinski definition) is 2. The minimum atomic E-state index is -0.418. The average molecular weight is 266 g/mol. The van der Waals surface area contributed by atoms with Crippen LogP contribution in [0.1, 0.15) is 10.4 Å². The lowest BCUT2D eigenvalue weighted by Crippen LogP contribution is -2.18. The molecule has 0 aliphatic carbocycles. The van der Waals surface area contributed by atoms with E-state index in [0.717, 1.165) is 0 Å². The molecule has 20 heavy (non-hydrogen) atoms. The SMILES string of the molecule is O=C(Nc1ncccn1)c1cc(=O)[nH]c2ccccc12. The molecule has 0 saturated heterocycles. The number of amides is 1. The van der Waals surface area contributed by atoms with Gasteiger partial charge < -0.3 is 4.98 Å². The number of benzene rings is 1. The second kappa shape index (κ2) is 4.93. The smallest absolute Gasteiger partial charge is 0.258 e. The third kappa shape index (κ3) is 2.26. The van der Waals surface area contributed by atoms with Gasteiger partial charge in [0.25, 0.3) is 5.91 Å². The Hall–Kier alpha value is -3.02. The molecule has 0 unspecified atom stereocenters. The number of nitrogens with zero attached hydrogens (tertiary/aromatic N) is 2. The van der Waals surface area contributed by atoms with Crippen molar-refractivity contribution in [3.05, 3.63) is 64.7 Å². The van der Waals surface area contributed by atoms with Crippen molar-refractivity contribution in [1.29, 1.82) is 0 Å². The highest BCUT2D eigenvalue weighted by Crippen LogP contribution is 2.15. The molecule has 0 spiro atoms. The molecule has 2 heterocycles. The van der Waals surface area contributed by atoms with E-state index in [4.69, 9.17) is 0 Å². The van der Waals surface area contributed by atoms with Gasteiger partial charge in [0.2, 0.25) is 11.5 Å². The first-order chi connectivity index (χ1) is 9.74. The Labute approximate surface area is 113 Å². The van der Waals surface area contributed by atoms with E-state index in [1.807, 2.05) is 0 Å². The molecule has 6 heteroatoms. The van der Waals surface area contributed by atoms with Crippen LogP contribution in [0.2, 0.25) is 0 Å². The molecule has 0 radical (unpaired) electrons. The molecule has 2 N–H and O–H groups in total. The Morgan fingerprint density at radius 1 is 1.10 bits per heavy atom. The van der Waals surface area contributed by atoms with Gasteiger partial charge in [-0.3, -0.25) is 14.9 Å². The predicted octanol–water partition coefficient (Wildman–Crippen LogP) is 1.57. The molecule has 0 saturated carbocycles. The van der Waals surface area contributed by atoms with E-state index in [2.05, 4.69) is 20.3 Å². The highest BCUT2D eigenvalue weighted by Gasteiger charge is 2.12. The monoisotopic (exact) mass is 266 g/mol. The summed E-state index contributed by atoms with van der Waals surface area (Å²) in [6.45, 7) is 0. The number of carbonyl (C=O) groups is 1. The van der Waals surface area contributed by atoms with Crippen LogP contribution in [-0.2, 0) is 0 Å². The molecule has 0 bridgehead atoms. The van der Waals surface area contributed by atoms with Gasteiger partial charge in [0.1, 0.15) is 0 Å². The van der Waals surface area contributed by atoms with Crippen LogP contribution in [0.15, 0.2) is 53.6 Å². The predicted molar refractivity (Wildman–Crippen MR) is 74.6 cm³/mol. The Kier molecular flexibility index (Phi) is 2.96. The maximum Gasteiger partial charge on any atom is 0.258 e. The topological polar surface area (TPSA) is 87.7 Å². The Morgan fingerprint density at radius 2 is 1.85 bits per heavy atom. The van der Waals surface area contributed by atoms with Gasteiger partial charge >= 0.3 is 0 Å². The van der Waals surface area contributed by atoms with Gasteiger partial charge in [0.15, 0.2) is 0 Å². The quantitative estimate of drug-likeness (QED) is 0.737. The Morgan fingerprint density at radius 3 is 2.65 bits per heavy atom. The zero-order valence-corrected chi connectivity index (χ0v) is 10.3. The maximum absolute atomic E-state index is 12.2. The molecule has 98 valence electrons. The number of aromatic amines is 1. The Bertz CT molecular complexity index is 827. The van der Waals surface area contributed by atoms with E-state index in [0.29, 0.717) is 10.9 Å². The van der Waals surface area contributed by atoms with Crippen molar-refractivity contribution in [2.45, 2.75) is 0 Å². The van der Waals surface area contributed by atoms with Gasteiger partial charge in [-0.25, -0.2) is 9.97 Å². The molecule has 6 nitrogen and oxygen atoms in total. The molecular weight excluding hydrogens is 256 g/mol. The third-order valence-corrected chi connectivity index (χ3v) is 2.79. The van der Waals surface area contributed by atoms with Crippen LogP contribution in [0, 0.1) is 0 Å². The number of nitrogens with one attached hydrogen (secondary N) is 2. The normalized spacial score (nSPS) is 10.4. The molecule has 1 amide bonds. The number of pyridine rings is 1. The van der Waals surface area contributed by atoms with Crippen molar-refractivity contribution in [1.82, 2.24) is 15.0 Å². The summed E-state index contributed by atoms with van der Waals surface area (Å²) in [6, 6.07) is 10.0. The van der Waals surface area contributed by atoms with Gasteiger partial charge in [-0.1, -0.05) is 18.2 Å². The van der Waals surface area contributed by atoms with Gasteiger partial charge in [0, 0.05) is 29.4 Å². The van der Waals surface area contributed by atoms with Crippen LogP contribution in [0.5, 0.6) is 0 Å². The number of carbonyl (C=O) groups excluding carboxylic acids is 1. The second-order valence-corrected chi connectivity index (χ2v) is 4.12. The van der Waals surface area contributed by atoms with Crippen molar-refractivity contribution >= 4 is 22.8 Å². The average Bonchev–Trinajstić information content (AvgIpc) is 2.47. The fourth-order valence-electron chi connectivity index (χ4n) is 1.93.